The summed E-state index contributed by atoms with van der Waals surface area (Å²) in [5.74, 6) is 4.14. The Morgan fingerprint density at radius 2 is 2.17 bits per heavy atom. The molecule has 1 heterocycles. The van der Waals surface area contributed by atoms with Gasteiger partial charge in [0.25, 0.3) is 5.91 Å². The summed E-state index contributed by atoms with van der Waals surface area (Å²) in [5.41, 5.74) is 11.1. The van der Waals surface area contributed by atoms with E-state index in [1.807, 2.05) is 13.0 Å². The number of aromatic nitrogens is 1. The fourth-order valence-corrected chi connectivity index (χ4v) is 2.14. The molecular formula is C15H18FN5O2. The van der Waals surface area contributed by atoms with Crippen molar-refractivity contribution >= 4 is 17.3 Å². The first-order valence-corrected chi connectivity index (χ1v) is 6.80. The standard InChI is InChI=1S/C15H18FN5O2/c1-8-3-4-12(17)13(21-18)10(8)7-19-14(22)9-5-11(16)15(23-2)20-6-9/h3-6,21H,7,17-18H2,1-2H3,(H,19,22). The Bertz CT molecular complexity index is 736. The quantitative estimate of drug-likeness (QED) is 0.375. The van der Waals surface area contributed by atoms with Crippen molar-refractivity contribution in [3.8, 4) is 5.88 Å². The van der Waals surface area contributed by atoms with E-state index in [9.17, 15) is 9.18 Å². The Hall–Kier alpha value is -2.87. The van der Waals surface area contributed by atoms with Crippen molar-refractivity contribution in [3.63, 3.8) is 0 Å². The molecule has 7 nitrogen and oxygen atoms in total. The third-order valence-corrected chi connectivity index (χ3v) is 3.41. The Morgan fingerprint density at radius 1 is 1.43 bits per heavy atom. The lowest BCUT2D eigenvalue weighted by atomic mass is 10.0. The van der Waals surface area contributed by atoms with E-state index in [2.05, 4.69) is 15.7 Å². The van der Waals surface area contributed by atoms with Crippen LogP contribution in [0.1, 0.15) is 21.5 Å². The monoisotopic (exact) mass is 319 g/mol. The summed E-state index contributed by atoms with van der Waals surface area (Å²) in [6.07, 6.45) is 1.24. The molecule has 0 fully saturated rings. The maximum absolute atomic E-state index is 13.6. The van der Waals surface area contributed by atoms with Gasteiger partial charge >= 0.3 is 0 Å². The number of hydrogen-bond acceptors (Lipinski definition) is 6. The number of rotatable bonds is 5. The topological polar surface area (TPSA) is 115 Å². The van der Waals surface area contributed by atoms with E-state index in [1.165, 1.54) is 13.3 Å². The number of carbonyl (C=O) groups is 1. The number of nitrogens with two attached hydrogens (primary N) is 2. The predicted molar refractivity (Wildman–Crippen MR) is 85.3 cm³/mol. The molecule has 2 aromatic rings. The number of hydrogen-bond donors (Lipinski definition) is 4. The highest BCUT2D eigenvalue weighted by molar-refractivity contribution is 5.94. The largest absolute Gasteiger partial charge is 0.479 e. The summed E-state index contributed by atoms with van der Waals surface area (Å²) in [5, 5.41) is 2.69. The van der Waals surface area contributed by atoms with Gasteiger partial charge in [-0.2, -0.15) is 0 Å². The average molecular weight is 319 g/mol. The minimum atomic E-state index is -0.704. The number of anilines is 2. The van der Waals surface area contributed by atoms with Crippen LogP contribution in [0.25, 0.3) is 0 Å². The lowest BCUT2D eigenvalue weighted by Crippen LogP contribution is -2.25. The fourth-order valence-electron chi connectivity index (χ4n) is 2.14. The molecular weight excluding hydrogens is 301 g/mol. The summed E-state index contributed by atoms with van der Waals surface area (Å²) in [6, 6.07) is 4.61. The molecule has 8 heteroatoms. The first-order valence-electron chi connectivity index (χ1n) is 6.80. The Kier molecular flexibility index (Phi) is 4.97. The molecule has 23 heavy (non-hydrogen) atoms. The highest BCUT2D eigenvalue weighted by atomic mass is 19.1. The van der Waals surface area contributed by atoms with Crippen molar-refractivity contribution in [2.75, 3.05) is 18.3 Å². The molecule has 2 rings (SSSR count). The van der Waals surface area contributed by atoms with E-state index >= 15 is 0 Å². The average Bonchev–Trinajstić information content (AvgIpc) is 2.55. The van der Waals surface area contributed by atoms with Crippen molar-refractivity contribution in [2.24, 2.45) is 5.84 Å². The Labute approximate surface area is 132 Å². The molecule has 122 valence electrons. The number of pyridine rings is 1. The molecule has 0 saturated carbocycles. The van der Waals surface area contributed by atoms with E-state index < -0.39 is 11.7 Å². The zero-order valence-electron chi connectivity index (χ0n) is 12.8. The molecule has 0 atom stereocenters. The second-order valence-corrected chi connectivity index (χ2v) is 4.87. The number of methoxy groups -OCH3 is 1. The zero-order valence-corrected chi connectivity index (χ0v) is 12.8. The second kappa shape index (κ2) is 6.93. The van der Waals surface area contributed by atoms with Gasteiger partial charge < -0.3 is 21.2 Å². The predicted octanol–water partition coefficient (Wildman–Crippen LogP) is 1.34. The van der Waals surface area contributed by atoms with Crippen molar-refractivity contribution < 1.29 is 13.9 Å². The van der Waals surface area contributed by atoms with Crippen molar-refractivity contribution in [2.45, 2.75) is 13.5 Å². The van der Waals surface area contributed by atoms with Crippen LogP contribution in [-0.4, -0.2) is 18.0 Å². The first-order chi connectivity index (χ1) is 11.0. The van der Waals surface area contributed by atoms with Crippen LogP contribution in [0.3, 0.4) is 0 Å². The van der Waals surface area contributed by atoms with Crippen LogP contribution in [-0.2, 0) is 6.54 Å². The van der Waals surface area contributed by atoms with Crippen LogP contribution < -0.4 is 27.1 Å². The first kappa shape index (κ1) is 16.5. The van der Waals surface area contributed by atoms with Crippen molar-refractivity contribution in [3.05, 3.63) is 46.9 Å². The van der Waals surface area contributed by atoms with Crippen LogP contribution in [0.5, 0.6) is 5.88 Å². The number of aryl methyl sites for hydroxylation is 1. The van der Waals surface area contributed by atoms with Gasteiger partial charge in [-0.05, 0) is 24.6 Å². The number of ether oxygens (including phenoxy) is 1. The van der Waals surface area contributed by atoms with E-state index in [1.54, 1.807) is 6.07 Å². The normalized spacial score (nSPS) is 10.3. The van der Waals surface area contributed by atoms with Crippen molar-refractivity contribution in [1.29, 1.82) is 0 Å². The number of amides is 1. The van der Waals surface area contributed by atoms with E-state index in [0.29, 0.717) is 11.4 Å². The van der Waals surface area contributed by atoms with Gasteiger partial charge in [-0.25, -0.2) is 9.37 Å². The summed E-state index contributed by atoms with van der Waals surface area (Å²) in [7, 11) is 1.30. The summed E-state index contributed by atoms with van der Waals surface area (Å²) < 4.78 is 18.3. The Morgan fingerprint density at radius 3 is 2.78 bits per heavy atom. The summed E-state index contributed by atoms with van der Waals surface area (Å²) >= 11 is 0. The van der Waals surface area contributed by atoms with Gasteiger partial charge in [0, 0.05) is 18.3 Å². The maximum Gasteiger partial charge on any atom is 0.253 e. The molecule has 0 aliphatic carbocycles. The van der Waals surface area contributed by atoms with Crippen LogP contribution in [0.15, 0.2) is 24.4 Å². The van der Waals surface area contributed by atoms with Gasteiger partial charge in [-0.15, -0.1) is 0 Å². The third kappa shape index (κ3) is 3.49. The number of nitrogens with zero attached hydrogens (tertiary/aromatic N) is 1. The number of benzene rings is 1. The van der Waals surface area contributed by atoms with Gasteiger partial charge in [0.1, 0.15) is 0 Å². The minimum absolute atomic E-state index is 0.0899. The Balaban J connectivity index is 2.17. The van der Waals surface area contributed by atoms with Crippen LogP contribution in [0, 0.1) is 12.7 Å². The molecule has 0 saturated heterocycles. The van der Waals surface area contributed by atoms with Crippen LogP contribution >= 0.6 is 0 Å². The van der Waals surface area contributed by atoms with Gasteiger partial charge in [0.2, 0.25) is 5.88 Å². The number of hydrazine groups is 1. The highest BCUT2D eigenvalue weighted by Crippen LogP contribution is 2.25. The summed E-state index contributed by atoms with van der Waals surface area (Å²) in [6.45, 7) is 2.05. The molecule has 0 aliphatic heterocycles. The molecule has 1 amide bonds. The summed E-state index contributed by atoms with van der Waals surface area (Å²) in [4.78, 5) is 15.9. The number of nitrogen functional groups attached to an aromatic ring is 2. The zero-order chi connectivity index (χ0) is 17.0. The van der Waals surface area contributed by atoms with E-state index in [-0.39, 0.29) is 18.0 Å². The lowest BCUT2D eigenvalue weighted by Gasteiger charge is -2.15. The second-order valence-electron chi connectivity index (χ2n) is 4.87. The number of halogens is 1. The fraction of sp³-hybridized carbons (Fsp3) is 0.200. The van der Waals surface area contributed by atoms with E-state index in [4.69, 9.17) is 16.3 Å². The van der Waals surface area contributed by atoms with Crippen molar-refractivity contribution in [1.82, 2.24) is 10.3 Å². The van der Waals surface area contributed by atoms with Gasteiger partial charge in [-0.1, -0.05) is 6.07 Å². The lowest BCUT2D eigenvalue weighted by molar-refractivity contribution is 0.0950. The third-order valence-electron chi connectivity index (χ3n) is 3.41. The molecule has 0 bridgehead atoms. The number of nitrogens with one attached hydrogen (secondary N) is 2. The molecule has 0 aliphatic rings. The number of carbonyl (C=O) groups excluding carboxylic acids is 1. The maximum atomic E-state index is 13.6. The van der Waals surface area contributed by atoms with Crippen LogP contribution in [0.2, 0.25) is 0 Å². The van der Waals surface area contributed by atoms with Gasteiger partial charge in [0.05, 0.1) is 24.0 Å². The van der Waals surface area contributed by atoms with Crippen LogP contribution in [0.4, 0.5) is 15.8 Å². The SMILES string of the molecule is COc1ncc(C(=O)NCc2c(C)ccc(N)c2NN)cc1F. The van der Waals surface area contributed by atoms with Gasteiger partial charge in [0.15, 0.2) is 5.82 Å². The minimum Gasteiger partial charge on any atom is -0.479 e. The highest BCUT2D eigenvalue weighted by Gasteiger charge is 2.13. The van der Waals surface area contributed by atoms with E-state index in [0.717, 1.165) is 17.2 Å². The molecule has 6 N–H and O–H groups in total. The molecule has 1 aromatic carbocycles. The molecule has 0 radical (unpaired) electrons. The molecule has 0 spiro atoms. The van der Waals surface area contributed by atoms with Gasteiger partial charge in [-0.3, -0.25) is 10.6 Å². The smallest absolute Gasteiger partial charge is 0.253 e. The molecule has 0 unspecified atom stereocenters. The molecule has 1 aromatic heterocycles.